The van der Waals surface area contributed by atoms with Gasteiger partial charge >= 0.3 is 6.03 Å². The van der Waals surface area contributed by atoms with Gasteiger partial charge in [-0.05, 0) is 13.8 Å². The summed E-state index contributed by atoms with van der Waals surface area (Å²) in [5, 5.41) is 4.62. The SMILES string of the molecule is CNC(=O)NC(=O)CCN1CCn2c(nc(C)c2C)C1. The predicted molar refractivity (Wildman–Crippen MR) is 74.2 cm³/mol. The number of urea groups is 1. The van der Waals surface area contributed by atoms with E-state index in [0.29, 0.717) is 13.0 Å². The number of nitrogens with zero attached hydrogens (tertiary/aromatic N) is 3. The lowest BCUT2D eigenvalue weighted by atomic mass is 10.3. The molecule has 0 aromatic carbocycles. The van der Waals surface area contributed by atoms with Gasteiger partial charge in [-0.15, -0.1) is 0 Å². The molecule has 0 unspecified atom stereocenters. The first-order valence-corrected chi connectivity index (χ1v) is 6.77. The maximum atomic E-state index is 11.5. The molecule has 0 fully saturated rings. The Hall–Kier alpha value is -1.89. The molecule has 1 aromatic heterocycles. The van der Waals surface area contributed by atoms with Gasteiger partial charge in [0.25, 0.3) is 0 Å². The molecule has 0 bridgehead atoms. The molecule has 0 saturated heterocycles. The minimum absolute atomic E-state index is 0.259. The molecule has 2 rings (SSSR count). The number of fused-ring (bicyclic) bond motifs is 1. The zero-order chi connectivity index (χ0) is 14.7. The highest BCUT2D eigenvalue weighted by molar-refractivity contribution is 5.94. The molecule has 1 aromatic rings. The maximum absolute atomic E-state index is 11.5. The van der Waals surface area contributed by atoms with Crippen LogP contribution in [0.3, 0.4) is 0 Å². The number of nitrogens with one attached hydrogen (secondary N) is 2. The second-order valence-corrected chi connectivity index (χ2v) is 5.00. The van der Waals surface area contributed by atoms with Crippen molar-refractivity contribution in [3.63, 3.8) is 0 Å². The van der Waals surface area contributed by atoms with Crippen LogP contribution in [0.5, 0.6) is 0 Å². The van der Waals surface area contributed by atoms with Gasteiger partial charge in [-0.2, -0.15) is 0 Å². The lowest BCUT2D eigenvalue weighted by molar-refractivity contribution is -0.120. The topological polar surface area (TPSA) is 79.3 Å². The third kappa shape index (κ3) is 3.16. The van der Waals surface area contributed by atoms with E-state index in [1.807, 2.05) is 6.92 Å². The van der Waals surface area contributed by atoms with Crippen LogP contribution in [0.2, 0.25) is 0 Å². The number of carbonyl (C=O) groups is 2. The van der Waals surface area contributed by atoms with Crippen LogP contribution in [0, 0.1) is 13.8 Å². The van der Waals surface area contributed by atoms with E-state index in [4.69, 9.17) is 0 Å². The van der Waals surface area contributed by atoms with Gasteiger partial charge in [0, 0.05) is 38.8 Å². The van der Waals surface area contributed by atoms with Crippen LogP contribution < -0.4 is 10.6 Å². The van der Waals surface area contributed by atoms with E-state index in [1.54, 1.807) is 0 Å². The van der Waals surface area contributed by atoms with Crippen LogP contribution in [0.1, 0.15) is 23.6 Å². The Morgan fingerprint density at radius 1 is 1.30 bits per heavy atom. The summed E-state index contributed by atoms with van der Waals surface area (Å²) in [6, 6.07) is -0.463. The van der Waals surface area contributed by atoms with E-state index in [1.165, 1.54) is 12.7 Å². The minimum Gasteiger partial charge on any atom is -0.341 e. The first-order valence-electron chi connectivity index (χ1n) is 6.77. The molecule has 3 amide bonds. The van der Waals surface area contributed by atoms with Gasteiger partial charge in [0.2, 0.25) is 5.91 Å². The zero-order valence-electron chi connectivity index (χ0n) is 12.2. The molecule has 0 radical (unpaired) electrons. The van der Waals surface area contributed by atoms with Crippen molar-refractivity contribution < 1.29 is 9.59 Å². The third-order valence-corrected chi connectivity index (χ3v) is 3.68. The van der Waals surface area contributed by atoms with Gasteiger partial charge in [0.15, 0.2) is 0 Å². The van der Waals surface area contributed by atoms with Crippen molar-refractivity contribution in [1.29, 1.82) is 0 Å². The van der Waals surface area contributed by atoms with E-state index < -0.39 is 6.03 Å². The molecule has 0 aliphatic carbocycles. The second-order valence-electron chi connectivity index (χ2n) is 5.00. The number of imide groups is 1. The molecule has 2 N–H and O–H groups in total. The Kier molecular flexibility index (Phi) is 4.39. The quantitative estimate of drug-likeness (QED) is 0.826. The monoisotopic (exact) mass is 279 g/mol. The average molecular weight is 279 g/mol. The number of rotatable bonds is 3. The average Bonchev–Trinajstić information content (AvgIpc) is 2.71. The van der Waals surface area contributed by atoms with Crippen molar-refractivity contribution in [2.75, 3.05) is 20.1 Å². The summed E-state index contributed by atoms with van der Waals surface area (Å²) in [7, 11) is 1.48. The number of aromatic nitrogens is 2. The normalized spacial score (nSPS) is 14.8. The van der Waals surface area contributed by atoms with Crippen LogP contribution >= 0.6 is 0 Å². The van der Waals surface area contributed by atoms with Crippen molar-refractivity contribution in [2.24, 2.45) is 0 Å². The van der Waals surface area contributed by atoms with Gasteiger partial charge in [-0.3, -0.25) is 15.0 Å². The summed E-state index contributed by atoms with van der Waals surface area (Å²) in [4.78, 5) is 29.3. The highest BCUT2D eigenvalue weighted by atomic mass is 16.2. The largest absolute Gasteiger partial charge is 0.341 e. The van der Waals surface area contributed by atoms with Crippen molar-refractivity contribution in [2.45, 2.75) is 33.4 Å². The van der Waals surface area contributed by atoms with E-state index in [0.717, 1.165) is 31.2 Å². The highest BCUT2D eigenvalue weighted by Gasteiger charge is 2.20. The Bertz CT molecular complexity index is 523. The molecule has 0 spiro atoms. The molecule has 20 heavy (non-hydrogen) atoms. The summed E-state index contributed by atoms with van der Waals surface area (Å²) >= 11 is 0. The molecular weight excluding hydrogens is 258 g/mol. The third-order valence-electron chi connectivity index (χ3n) is 3.68. The second kappa shape index (κ2) is 6.04. The Morgan fingerprint density at radius 2 is 2.05 bits per heavy atom. The summed E-state index contributed by atoms with van der Waals surface area (Å²) in [5.74, 6) is 0.795. The molecule has 7 nitrogen and oxygen atoms in total. The fraction of sp³-hybridized carbons (Fsp3) is 0.615. The van der Waals surface area contributed by atoms with Crippen LogP contribution in [0.4, 0.5) is 4.79 Å². The van der Waals surface area contributed by atoms with Crippen LogP contribution in [0.15, 0.2) is 0 Å². The first kappa shape index (κ1) is 14.5. The number of amides is 3. The van der Waals surface area contributed by atoms with Gasteiger partial charge in [-0.25, -0.2) is 9.78 Å². The summed E-state index contributed by atoms with van der Waals surface area (Å²) in [6.45, 7) is 7.28. The molecule has 7 heteroatoms. The highest BCUT2D eigenvalue weighted by Crippen LogP contribution is 2.16. The molecule has 2 heterocycles. The number of carbonyl (C=O) groups excluding carboxylic acids is 2. The van der Waals surface area contributed by atoms with Crippen LogP contribution in [0.25, 0.3) is 0 Å². The van der Waals surface area contributed by atoms with Crippen LogP contribution in [-0.4, -0.2) is 46.5 Å². The van der Waals surface area contributed by atoms with E-state index >= 15 is 0 Å². The smallest absolute Gasteiger partial charge is 0.321 e. The van der Waals surface area contributed by atoms with Crippen molar-refractivity contribution in [3.8, 4) is 0 Å². The molecule has 1 aliphatic rings. The lowest BCUT2D eigenvalue weighted by Crippen LogP contribution is -2.40. The van der Waals surface area contributed by atoms with Gasteiger partial charge in [-0.1, -0.05) is 0 Å². The van der Waals surface area contributed by atoms with Gasteiger partial charge in [0.05, 0.1) is 12.2 Å². The van der Waals surface area contributed by atoms with Crippen molar-refractivity contribution in [1.82, 2.24) is 25.1 Å². The van der Waals surface area contributed by atoms with Gasteiger partial charge < -0.3 is 9.88 Å². The molecule has 1 aliphatic heterocycles. The number of imidazole rings is 1. The summed E-state index contributed by atoms with van der Waals surface area (Å²) in [5.41, 5.74) is 2.29. The molecule has 110 valence electrons. The lowest BCUT2D eigenvalue weighted by Gasteiger charge is -2.27. The van der Waals surface area contributed by atoms with Crippen molar-refractivity contribution >= 4 is 11.9 Å². The summed E-state index contributed by atoms with van der Waals surface area (Å²) in [6.07, 6.45) is 0.312. The van der Waals surface area contributed by atoms with E-state index in [-0.39, 0.29) is 5.91 Å². The Morgan fingerprint density at radius 3 is 2.75 bits per heavy atom. The Labute approximate surface area is 118 Å². The molecule has 0 atom stereocenters. The standard InChI is InChI=1S/C13H21N5O2/c1-9-10(2)18-7-6-17(8-11(18)15-9)5-4-12(19)16-13(20)14-3/h4-8H2,1-3H3,(H2,14,16,19,20). The minimum atomic E-state index is -0.463. The molecule has 0 saturated carbocycles. The first-order chi connectivity index (χ1) is 9.51. The maximum Gasteiger partial charge on any atom is 0.321 e. The zero-order valence-corrected chi connectivity index (χ0v) is 12.2. The number of aryl methyl sites for hydroxylation is 1. The molecular formula is C13H21N5O2. The van der Waals surface area contributed by atoms with Crippen LogP contribution in [-0.2, 0) is 17.9 Å². The number of hydrogen-bond acceptors (Lipinski definition) is 4. The fourth-order valence-electron chi connectivity index (χ4n) is 2.36. The van der Waals surface area contributed by atoms with E-state index in [9.17, 15) is 9.59 Å². The van der Waals surface area contributed by atoms with E-state index in [2.05, 4.69) is 32.0 Å². The predicted octanol–water partition coefficient (Wildman–Crippen LogP) is 0.161. The van der Waals surface area contributed by atoms with Gasteiger partial charge in [0.1, 0.15) is 5.82 Å². The summed E-state index contributed by atoms with van der Waals surface area (Å²) < 4.78 is 2.23. The van der Waals surface area contributed by atoms with Crippen molar-refractivity contribution in [3.05, 3.63) is 17.2 Å². The fourth-order valence-corrected chi connectivity index (χ4v) is 2.36. The Balaban J connectivity index is 1.85. The number of hydrogen-bond donors (Lipinski definition) is 2.